The summed E-state index contributed by atoms with van der Waals surface area (Å²) in [5.41, 5.74) is 1.57. The zero-order chi connectivity index (χ0) is 13.9. The van der Waals surface area contributed by atoms with Crippen LogP contribution in [0.3, 0.4) is 0 Å². The minimum atomic E-state index is -0.309. The Morgan fingerprint density at radius 2 is 2.35 bits per heavy atom. The number of nitrogens with zero attached hydrogens (tertiary/aromatic N) is 2. The predicted octanol–water partition coefficient (Wildman–Crippen LogP) is 1.72. The number of halogens is 1. The second-order valence-electron chi connectivity index (χ2n) is 4.87. The Labute approximate surface area is 116 Å². The second-order valence-corrected chi connectivity index (χ2v) is 4.87. The number of hydrogen-bond acceptors (Lipinski definition) is 5. The molecule has 1 unspecified atom stereocenters. The van der Waals surface area contributed by atoms with Crippen LogP contribution in [0.1, 0.15) is 11.5 Å². The fourth-order valence-electron chi connectivity index (χ4n) is 2.23. The van der Waals surface area contributed by atoms with E-state index in [0.717, 1.165) is 18.7 Å². The first-order valence-corrected chi connectivity index (χ1v) is 6.64. The molecule has 0 aliphatic carbocycles. The average molecular weight is 277 g/mol. The number of rotatable bonds is 3. The van der Waals surface area contributed by atoms with E-state index in [9.17, 15) is 4.39 Å². The van der Waals surface area contributed by atoms with Gasteiger partial charge in [0, 0.05) is 18.7 Å². The molecule has 0 bridgehead atoms. The minimum Gasteiger partial charge on any atom is -0.375 e. The fourth-order valence-corrected chi connectivity index (χ4v) is 2.23. The highest BCUT2D eigenvalue weighted by Gasteiger charge is 2.18. The lowest BCUT2D eigenvalue weighted by molar-refractivity contribution is 0.0246. The molecule has 0 spiro atoms. The van der Waals surface area contributed by atoms with Crippen molar-refractivity contribution in [2.75, 3.05) is 19.7 Å². The molecular weight excluding hydrogens is 261 g/mol. The Kier molecular flexibility index (Phi) is 3.75. The molecule has 3 rings (SSSR count). The molecule has 1 aliphatic rings. The van der Waals surface area contributed by atoms with E-state index in [0.29, 0.717) is 30.3 Å². The van der Waals surface area contributed by atoms with Gasteiger partial charge in [-0.1, -0.05) is 11.2 Å². The number of ether oxygens (including phenoxy) is 1. The Bertz CT molecular complexity index is 594. The van der Waals surface area contributed by atoms with Crippen molar-refractivity contribution < 1.29 is 13.7 Å². The molecule has 0 radical (unpaired) electrons. The molecule has 6 heteroatoms. The molecule has 5 nitrogen and oxygen atoms in total. The van der Waals surface area contributed by atoms with Gasteiger partial charge >= 0.3 is 0 Å². The smallest absolute Gasteiger partial charge is 0.229 e. The third kappa shape index (κ3) is 2.86. The summed E-state index contributed by atoms with van der Waals surface area (Å²) in [7, 11) is 0. The highest BCUT2D eigenvalue weighted by molar-refractivity contribution is 5.59. The standard InChI is InChI=1S/C14H16FN3O2/c1-9-2-3-10(15)6-12(9)14-17-13(20-18-14)7-11-8-16-4-5-19-11/h2-3,6,11,16H,4-5,7-8H2,1H3. The van der Waals surface area contributed by atoms with E-state index in [1.165, 1.54) is 12.1 Å². The molecule has 1 N–H and O–H groups in total. The Balaban J connectivity index is 1.77. The van der Waals surface area contributed by atoms with Gasteiger partial charge in [-0.2, -0.15) is 4.98 Å². The van der Waals surface area contributed by atoms with Crippen LogP contribution in [-0.4, -0.2) is 35.9 Å². The topological polar surface area (TPSA) is 60.2 Å². The van der Waals surface area contributed by atoms with Gasteiger partial charge in [0.2, 0.25) is 11.7 Å². The van der Waals surface area contributed by atoms with Crippen molar-refractivity contribution in [1.82, 2.24) is 15.5 Å². The van der Waals surface area contributed by atoms with Crippen LogP contribution in [0.25, 0.3) is 11.4 Å². The molecule has 1 saturated heterocycles. The molecule has 1 atom stereocenters. The molecule has 0 amide bonds. The van der Waals surface area contributed by atoms with Crippen LogP contribution in [0.4, 0.5) is 4.39 Å². The van der Waals surface area contributed by atoms with E-state index in [2.05, 4.69) is 15.5 Å². The minimum absolute atomic E-state index is 0.0469. The Morgan fingerprint density at radius 1 is 1.45 bits per heavy atom. The normalized spacial score (nSPS) is 19.2. The van der Waals surface area contributed by atoms with Crippen molar-refractivity contribution in [2.45, 2.75) is 19.4 Å². The zero-order valence-corrected chi connectivity index (χ0v) is 11.2. The maximum absolute atomic E-state index is 13.3. The summed E-state index contributed by atoms with van der Waals surface area (Å²) in [6.07, 6.45) is 0.611. The van der Waals surface area contributed by atoms with Crippen molar-refractivity contribution >= 4 is 0 Å². The van der Waals surface area contributed by atoms with Crippen molar-refractivity contribution in [3.63, 3.8) is 0 Å². The summed E-state index contributed by atoms with van der Waals surface area (Å²) in [6.45, 7) is 4.22. The molecule has 106 valence electrons. The van der Waals surface area contributed by atoms with E-state index in [1.54, 1.807) is 6.07 Å². The van der Waals surface area contributed by atoms with Gasteiger partial charge in [-0.05, 0) is 24.6 Å². The molecule has 2 heterocycles. The number of morpholine rings is 1. The molecule has 0 saturated carbocycles. The number of nitrogens with one attached hydrogen (secondary N) is 1. The summed E-state index contributed by atoms with van der Waals surface area (Å²) in [5.74, 6) is 0.620. The van der Waals surface area contributed by atoms with E-state index >= 15 is 0 Å². The fraction of sp³-hybridized carbons (Fsp3) is 0.429. The van der Waals surface area contributed by atoms with Gasteiger partial charge in [0.25, 0.3) is 0 Å². The number of hydrogen-bond donors (Lipinski definition) is 1. The number of benzene rings is 1. The van der Waals surface area contributed by atoms with Crippen LogP contribution in [0.2, 0.25) is 0 Å². The first-order valence-electron chi connectivity index (χ1n) is 6.64. The predicted molar refractivity (Wildman–Crippen MR) is 70.7 cm³/mol. The van der Waals surface area contributed by atoms with Crippen molar-refractivity contribution in [2.24, 2.45) is 0 Å². The molecule has 1 fully saturated rings. The van der Waals surface area contributed by atoms with Crippen LogP contribution < -0.4 is 5.32 Å². The number of aromatic nitrogens is 2. The maximum Gasteiger partial charge on any atom is 0.229 e. The van der Waals surface area contributed by atoms with Crippen molar-refractivity contribution in [3.8, 4) is 11.4 Å². The Morgan fingerprint density at radius 3 is 3.15 bits per heavy atom. The van der Waals surface area contributed by atoms with Crippen molar-refractivity contribution in [3.05, 3.63) is 35.5 Å². The first-order chi connectivity index (χ1) is 9.72. The largest absolute Gasteiger partial charge is 0.375 e. The third-order valence-electron chi connectivity index (χ3n) is 3.32. The summed E-state index contributed by atoms with van der Waals surface area (Å²) in [4.78, 5) is 4.32. The molecule has 1 aromatic carbocycles. The van der Waals surface area contributed by atoms with E-state index in [4.69, 9.17) is 9.26 Å². The van der Waals surface area contributed by atoms with E-state index in [-0.39, 0.29) is 11.9 Å². The first kappa shape index (κ1) is 13.2. The molecule has 20 heavy (non-hydrogen) atoms. The third-order valence-corrected chi connectivity index (χ3v) is 3.32. The molecular formula is C14H16FN3O2. The SMILES string of the molecule is Cc1ccc(F)cc1-c1noc(CC2CNCCO2)n1. The maximum atomic E-state index is 13.3. The lowest BCUT2D eigenvalue weighted by Crippen LogP contribution is -2.39. The van der Waals surface area contributed by atoms with Crippen LogP contribution in [0.15, 0.2) is 22.7 Å². The molecule has 1 aromatic heterocycles. The summed E-state index contributed by atoms with van der Waals surface area (Å²) in [5, 5.41) is 7.17. The number of aryl methyl sites for hydroxylation is 1. The average Bonchev–Trinajstić information content (AvgIpc) is 2.91. The van der Waals surface area contributed by atoms with Crippen LogP contribution in [-0.2, 0) is 11.2 Å². The van der Waals surface area contributed by atoms with E-state index in [1.807, 2.05) is 6.92 Å². The van der Waals surface area contributed by atoms with Crippen LogP contribution in [0.5, 0.6) is 0 Å². The monoisotopic (exact) mass is 277 g/mol. The highest BCUT2D eigenvalue weighted by Crippen LogP contribution is 2.22. The summed E-state index contributed by atoms with van der Waals surface area (Å²) >= 11 is 0. The lowest BCUT2D eigenvalue weighted by atomic mass is 10.1. The molecule has 1 aliphatic heterocycles. The van der Waals surface area contributed by atoms with E-state index < -0.39 is 0 Å². The zero-order valence-electron chi connectivity index (χ0n) is 11.2. The second kappa shape index (κ2) is 5.68. The van der Waals surface area contributed by atoms with Crippen LogP contribution >= 0.6 is 0 Å². The molecule has 2 aromatic rings. The highest BCUT2D eigenvalue weighted by atomic mass is 19.1. The quantitative estimate of drug-likeness (QED) is 0.925. The van der Waals surface area contributed by atoms with Gasteiger partial charge in [-0.15, -0.1) is 0 Å². The van der Waals surface area contributed by atoms with Gasteiger partial charge in [-0.3, -0.25) is 0 Å². The van der Waals surface area contributed by atoms with Gasteiger partial charge in [-0.25, -0.2) is 4.39 Å². The van der Waals surface area contributed by atoms with Gasteiger partial charge in [0.05, 0.1) is 19.1 Å². The Hall–Kier alpha value is -1.79. The lowest BCUT2D eigenvalue weighted by Gasteiger charge is -2.21. The van der Waals surface area contributed by atoms with Gasteiger partial charge in [0.15, 0.2) is 0 Å². The van der Waals surface area contributed by atoms with Gasteiger partial charge in [0.1, 0.15) is 5.82 Å². The summed E-state index contributed by atoms with van der Waals surface area (Å²) < 4.78 is 24.1. The van der Waals surface area contributed by atoms with Crippen molar-refractivity contribution in [1.29, 1.82) is 0 Å². The van der Waals surface area contributed by atoms with Crippen LogP contribution in [0, 0.1) is 12.7 Å². The summed E-state index contributed by atoms with van der Waals surface area (Å²) in [6, 6.07) is 4.54. The van der Waals surface area contributed by atoms with Gasteiger partial charge < -0.3 is 14.6 Å².